The molecular formula is C33H34N4O2. The minimum Gasteiger partial charge on any atom is -0.496 e. The third-order valence-electron chi connectivity index (χ3n) is 7.05. The Morgan fingerprint density at radius 3 is 2.59 bits per heavy atom. The van der Waals surface area contributed by atoms with E-state index in [1.54, 1.807) is 7.11 Å². The summed E-state index contributed by atoms with van der Waals surface area (Å²) in [6.45, 7) is 5.79. The van der Waals surface area contributed by atoms with E-state index in [0.717, 1.165) is 46.7 Å². The van der Waals surface area contributed by atoms with Crippen molar-refractivity contribution in [3.8, 4) is 17.0 Å². The molecular weight excluding hydrogens is 484 g/mol. The Hall–Kier alpha value is -4.45. The zero-order valence-corrected chi connectivity index (χ0v) is 22.4. The molecule has 0 radical (unpaired) electrons. The van der Waals surface area contributed by atoms with Gasteiger partial charge in [0, 0.05) is 54.6 Å². The lowest BCUT2D eigenvalue weighted by molar-refractivity contribution is -0.114. The number of carbonyl (C=O) groups is 1. The number of piperidine rings is 1. The average molecular weight is 519 g/mol. The van der Waals surface area contributed by atoms with E-state index in [9.17, 15) is 4.79 Å². The minimum absolute atomic E-state index is 0.0331. The first-order valence-corrected chi connectivity index (χ1v) is 13.5. The first kappa shape index (κ1) is 26.2. The first-order valence-electron chi connectivity index (χ1n) is 13.5. The van der Waals surface area contributed by atoms with Crippen LogP contribution in [0, 0.1) is 0 Å². The quantitative estimate of drug-likeness (QED) is 0.234. The smallest absolute Gasteiger partial charge is 0.227 e. The second kappa shape index (κ2) is 12.4. The fourth-order valence-corrected chi connectivity index (χ4v) is 5.03. The predicted octanol–water partition coefficient (Wildman–Crippen LogP) is 6.77. The molecule has 0 amide bonds. The molecule has 0 bridgehead atoms. The van der Waals surface area contributed by atoms with Crippen molar-refractivity contribution < 1.29 is 9.53 Å². The van der Waals surface area contributed by atoms with Crippen LogP contribution in [0.1, 0.15) is 36.0 Å². The lowest BCUT2D eigenvalue weighted by atomic mass is 9.97. The molecule has 6 nitrogen and oxygen atoms in total. The standard InChI is InChI=1S/C33H34N4O2/c1-3-29(38)20-25-15-16-31(39-2)30(21-25)32-26(19-24-11-6-4-7-12-24)23-34-33(36-32)35-27-13-10-14-28(22-27)37-17-8-5-9-18-37/h3-4,6-7,10-16,21-23H,1,5,8-9,17-20H2,2H3,(H,34,35,36). The molecule has 5 rings (SSSR count). The van der Waals surface area contributed by atoms with Crippen LogP contribution in [0.4, 0.5) is 17.3 Å². The summed E-state index contributed by atoms with van der Waals surface area (Å²) in [4.78, 5) is 24.2. The van der Waals surface area contributed by atoms with E-state index in [4.69, 9.17) is 14.7 Å². The highest BCUT2D eigenvalue weighted by atomic mass is 16.5. The Morgan fingerprint density at radius 1 is 1.00 bits per heavy atom. The number of allylic oxidation sites excluding steroid dienone is 1. The second-order valence-corrected chi connectivity index (χ2v) is 9.83. The molecule has 0 unspecified atom stereocenters. The Labute approximate surface area is 230 Å². The Bertz CT molecular complexity index is 1450. The van der Waals surface area contributed by atoms with E-state index in [2.05, 4.69) is 47.1 Å². The van der Waals surface area contributed by atoms with Gasteiger partial charge in [0.05, 0.1) is 12.8 Å². The monoisotopic (exact) mass is 518 g/mol. The molecule has 1 saturated heterocycles. The number of methoxy groups -OCH3 is 1. The molecule has 6 heteroatoms. The Morgan fingerprint density at radius 2 is 1.82 bits per heavy atom. The molecule has 2 heterocycles. The molecule has 0 aliphatic carbocycles. The summed E-state index contributed by atoms with van der Waals surface area (Å²) >= 11 is 0. The van der Waals surface area contributed by atoms with Gasteiger partial charge in [-0.25, -0.2) is 9.97 Å². The van der Waals surface area contributed by atoms with Gasteiger partial charge in [0.15, 0.2) is 5.78 Å². The van der Waals surface area contributed by atoms with E-state index in [1.165, 1.54) is 31.0 Å². The number of ether oxygens (including phenoxy) is 1. The molecule has 3 aromatic carbocycles. The number of hydrogen-bond donors (Lipinski definition) is 1. The predicted molar refractivity (Wildman–Crippen MR) is 158 cm³/mol. The number of benzene rings is 3. The van der Waals surface area contributed by atoms with Gasteiger partial charge in [0.1, 0.15) is 5.75 Å². The van der Waals surface area contributed by atoms with E-state index in [0.29, 0.717) is 18.1 Å². The number of hydrogen-bond acceptors (Lipinski definition) is 6. The fraction of sp³-hybridized carbons (Fsp3) is 0.242. The van der Waals surface area contributed by atoms with Crippen molar-refractivity contribution in [1.29, 1.82) is 0 Å². The van der Waals surface area contributed by atoms with Crippen molar-refractivity contribution in [3.05, 3.63) is 108 Å². The van der Waals surface area contributed by atoms with Crippen LogP contribution in [0.3, 0.4) is 0 Å². The van der Waals surface area contributed by atoms with Crippen LogP contribution in [-0.2, 0) is 17.6 Å². The van der Waals surface area contributed by atoms with Crippen molar-refractivity contribution in [2.45, 2.75) is 32.1 Å². The van der Waals surface area contributed by atoms with E-state index >= 15 is 0 Å². The maximum atomic E-state index is 12.1. The van der Waals surface area contributed by atoms with E-state index in [1.807, 2.05) is 48.7 Å². The maximum absolute atomic E-state index is 12.1. The van der Waals surface area contributed by atoms with Gasteiger partial charge in [-0.3, -0.25) is 4.79 Å². The average Bonchev–Trinajstić information content (AvgIpc) is 2.99. The fourth-order valence-electron chi connectivity index (χ4n) is 5.03. The van der Waals surface area contributed by atoms with Crippen molar-refractivity contribution in [2.24, 2.45) is 0 Å². The lowest BCUT2D eigenvalue weighted by Gasteiger charge is -2.29. The summed E-state index contributed by atoms with van der Waals surface area (Å²) in [7, 11) is 1.65. The zero-order chi connectivity index (χ0) is 27.0. The Kier molecular flexibility index (Phi) is 8.32. The van der Waals surface area contributed by atoms with Gasteiger partial charge >= 0.3 is 0 Å². The highest BCUT2D eigenvalue weighted by Crippen LogP contribution is 2.34. The van der Waals surface area contributed by atoms with Crippen LogP contribution < -0.4 is 15.0 Å². The van der Waals surface area contributed by atoms with E-state index < -0.39 is 0 Å². The van der Waals surface area contributed by atoms with Crippen molar-refractivity contribution in [3.63, 3.8) is 0 Å². The zero-order valence-electron chi connectivity index (χ0n) is 22.4. The summed E-state index contributed by atoms with van der Waals surface area (Å²) in [5.41, 5.74) is 6.76. The lowest BCUT2D eigenvalue weighted by Crippen LogP contribution is -2.29. The van der Waals surface area contributed by atoms with Crippen LogP contribution in [0.15, 0.2) is 91.6 Å². The SMILES string of the molecule is C=CC(=O)Cc1ccc(OC)c(-c2nc(Nc3cccc(N4CCCCC4)c3)ncc2Cc2ccccc2)c1. The molecule has 198 valence electrons. The van der Waals surface area contributed by atoms with E-state index in [-0.39, 0.29) is 12.2 Å². The van der Waals surface area contributed by atoms with Crippen LogP contribution in [0.25, 0.3) is 11.3 Å². The van der Waals surface area contributed by atoms with Crippen LogP contribution in [0.5, 0.6) is 5.75 Å². The first-order chi connectivity index (χ1) is 19.1. The van der Waals surface area contributed by atoms with Gasteiger partial charge in [-0.1, -0.05) is 49.0 Å². The largest absolute Gasteiger partial charge is 0.496 e. The van der Waals surface area contributed by atoms with Crippen molar-refractivity contribution in [2.75, 3.05) is 30.4 Å². The van der Waals surface area contributed by atoms with Crippen molar-refractivity contribution >= 4 is 23.1 Å². The molecule has 1 aliphatic rings. The number of anilines is 3. The van der Waals surface area contributed by atoms with Gasteiger partial charge < -0.3 is 15.0 Å². The summed E-state index contributed by atoms with van der Waals surface area (Å²) < 4.78 is 5.74. The molecule has 39 heavy (non-hydrogen) atoms. The second-order valence-electron chi connectivity index (χ2n) is 9.83. The van der Waals surface area contributed by atoms with Gasteiger partial charge in [0.2, 0.25) is 5.95 Å². The third kappa shape index (κ3) is 6.52. The molecule has 0 spiro atoms. The van der Waals surface area contributed by atoms with Gasteiger partial charge in [-0.05, 0) is 66.8 Å². The number of carbonyl (C=O) groups excluding carboxylic acids is 1. The molecule has 4 aromatic rings. The maximum Gasteiger partial charge on any atom is 0.227 e. The summed E-state index contributed by atoms with van der Waals surface area (Å²) in [6.07, 6.45) is 7.93. The van der Waals surface area contributed by atoms with Crippen LogP contribution >= 0.6 is 0 Å². The molecule has 1 aliphatic heterocycles. The van der Waals surface area contributed by atoms with Gasteiger partial charge in [-0.2, -0.15) is 0 Å². The third-order valence-corrected chi connectivity index (χ3v) is 7.05. The number of ketones is 1. The molecule has 0 saturated carbocycles. The summed E-state index contributed by atoms with van der Waals surface area (Å²) in [5, 5.41) is 3.42. The van der Waals surface area contributed by atoms with Crippen LogP contribution in [0.2, 0.25) is 0 Å². The normalized spacial score (nSPS) is 13.1. The number of aromatic nitrogens is 2. The summed E-state index contributed by atoms with van der Waals surface area (Å²) in [6, 6.07) is 24.5. The topological polar surface area (TPSA) is 67.3 Å². The summed E-state index contributed by atoms with van der Waals surface area (Å²) in [5.74, 6) is 1.16. The molecule has 1 aromatic heterocycles. The number of nitrogens with one attached hydrogen (secondary N) is 1. The Balaban J connectivity index is 1.52. The van der Waals surface area contributed by atoms with Crippen LogP contribution in [-0.4, -0.2) is 36.0 Å². The highest BCUT2D eigenvalue weighted by molar-refractivity contribution is 5.91. The highest BCUT2D eigenvalue weighted by Gasteiger charge is 2.17. The number of nitrogens with zero attached hydrogens (tertiary/aromatic N) is 3. The van der Waals surface area contributed by atoms with Gasteiger partial charge in [0.25, 0.3) is 0 Å². The minimum atomic E-state index is -0.0331. The van der Waals surface area contributed by atoms with Gasteiger partial charge in [-0.15, -0.1) is 0 Å². The van der Waals surface area contributed by atoms with Crippen molar-refractivity contribution in [1.82, 2.24) is 9.97 Å². The molecule has 1 N–H and O–H groups in total. The number of rotatable bonds is 10. The molecule has 0 atom stereocenters. The molecule has 1 fully saturated rings.